The Morgan fingerprint density at radius 3 is 2.67 bits per heavy atom. The Balaban J connectivity index is 1.66. The lowest BCUT2D eigenvalue weighted by Crippen LogP contribution is -2.17. The normalized spacial score (nSPS) is 10.8. The molecule has 18 heavy (non-hydrogen) atoms. The molecule has 0 aliphatic heterocycles. The van der Waals surface area contributed by atoms with Crippen LogP contribution >= 0.6 is 0 Å². The predicted octanol–water partition coefficient (Wildman–Crippen LogP) is 2.45. The molecular weight excluding hydrogens is 222 g/mol. The summed E-state index contributed by atoms with van der Waals surface area (Å²) >= 11 is 0. The van der Waals surface area contributed by atoms with Crippen LogP contribution < -0.4 is 5.32 Å². The molecule has 1 aromatic heterocycles. The fourth-order valence-electron chi connectivity index (χ4n) is 2.11. The molecule has 3 nitrogen and oxygen atoms in total. The van der Waals surface area contributed by atoms with Crippen molar-refractivity contribution in [2.24, 2.45) is 7.05 Å². The van der Waals surface area contributed by atoms with E-state index in [0.717, 1.165) is 25.2 Å². The molecule has 0 spiro atoms. The quantitative estimate of drug-likeness (QED) is 0.790. The molecule has 2 aromatic rings. The summed E-state index contributed by atoms with van der Waals surface area (Å²) in [6.07, 6.45) is 2.30. The first-order chi connectivity index (χ1) is 8.75. The summed E-state index contributed by atoms with van der Waals surface area (Å²) in [7, 11) is 1.99. The highest BCUT2D eigenvalue weighted by Gasteiger charge is 2.00. The van der Waals surface area contributed by atoms with Gasteiger partial charge >= 0.3 is 0 Å². The van der Waals surface area contributed by atoms with Crippen LogP contribution in [-0.2, 0) is 20.0 Å². The van der Waals surface area contributed by atoms with Crippen LogP contribution in [0.25, 0.3) is 0 Å². The minimum atomic E-state index is 0.895. The predicted molar refractivity (Wildman–Crippen MR) is 74.4 cm³/mol. The lowest BCUT2D eigenvalue weighted by molar-refractivity contribution is 0.606. The Morgan fingerprint density at radius 1 is 1.22 bits per heavy atom. The molecule has 1 heterocycles. The first kappa shape index (κ1) is 12.8. The van der Waals surface area contributed by atoms with Crippen LogP contribution in [0.1, 0.15) is 23.4 Å². The van der Waals surface area contributed by atoms with E-state index in [-0.39, 0.29) is 0 Å². The van der Waals surface area contributed by atoms with Crippen molar-refractivity contribution in [3.05, 3.63) is 53.3 Å². The highest BCUT2D eigenvalue weighted by atomic mass is 15.3. The summed E-state index contributed by atoms with van der Waals surface area (Å²) in [4.78, 5) is 0. The van der Waals surface area contributed by atoms with Gasteiger partial charge in [-0.15, -0.1) is 0 Å². The number of hydrogen-bond acceptors (Lipinski definition) is 2. The summed E-state index contributed by atoms with van der Waals surface area (Å²) in [5.74, 6) is 0. The summed E-state index contributed by atoms with van der Waals surface area (Å²) in [6.45, 7) is 3.96. The van der Waals surface area contributed by atoms with Gasteiger partial charge in [0.25, 0.3) is 0 Å². The van der Waals surface area contributed by atoms with E-state index >= 15 is 0 Å². The zero-order chi connectivity index (χ0) is 12.8. The Kier molecular flexibility index (Phi) is 4.53. The van der Waals surface area contributed by atoms with Gasteiger partial charge in [-0.3, -0.25) is 4.68 Å². The van der Waals surface area contributed by atoms with Crippen molar-refractivity contribution in [2.75, 3.05) is 6.54 Å². The molecule has 0 atom stereocenters. The maximum absolute atomic E-state index is 4.33. The average Bonchev–Trinajstić information content (AvgIpc) is 2.69. The first-order valence-corrected chi connectivity index (χ1v) is 6.50. The minimum Gasteiger partial charge on any atom is -0.311 e. The molecule has 3 heteroatoms. The molecule has 1 N–H and O–H groups in total. The molecule has 0 aliphatic carbocycles. The van der Waals surface area contributed by atoms with E-state index in [9.17, 15) is 0 Å². The fraction of sp³-hybridized carbons (Fsp3) is 0.400. The van der Waals surface area contributed by atoms with E-state index in [1.807, 2.05) is 18.7 Å². The van der Waals surface area contributed by atoms with Crippen molar-refractivity contribution in [1.29, 1.82) is 0 Å². The number of nitrogens with one attached hydrogen (secondary N) is 1. The topological polar surface area (TPSA) is 29.9 Å². The van der Waals surface area contributed by atoms with Gasteiger partial charge in [-0.1, -0.05) is 30.3 Å². The largest absolute Gasteiger partial charge is 0.311 e. The van der Waals surface area contributed by atoms with Gasteiger partial charge in [0, 0.05) is 13.6 Å². The van der Waals surface area contributed by atoms with Crippen LogP contribution in [0.4, 0.5) is 0 Å². The summed E-state index contributed by atoms with van der Waals surface area (Å²) in [5.41, 5.74) is 3.74. The monoisotopic (exact) mass is 243 g/mol. The summed E-state index contributed by atoms with van der Waals surface area (Å²) in [6, 6.07) is 12.8. The van der Waals surface area contributed by atoms with Crippen molar-refractivity contribution in [3.8, 4) is 0 Å². The second-order valence-electron chi connectivity index (χ2n) is 4.67. The second-order valence-corrected chi connectivity index (χ2v) is 4.67. The maximum atomic E-state index is 4.33. The maximum Gasteiger partial charge on any atom is 0.0597 e. The van der Waals surface area contributed by atoms with Crippen LogP contribution in [0.5, 0.6) is 0 Å². The molecule has 1 aromatic carbocycles. The second kappa shape index (κ2) is 6.36. The van der Waals surface area contributed by atoms with Crippen molar-refractivity contribution in [1.82, 2.24) is 15.1 Å². The van der Waals surface area contributed by atoms with Crippen LogP contribution in [-0.4, -0.2) is 16.3 Å². The fourth-order valence-corrected chi connectivity index (χ4v) is 2.11. The van der Waals surface area contributed by atoms with Crippen LogP contribution in [0.3, 0.4) is 0 Å². The Hall–Kier alpha value is -1.61. The van der Waals surface area contributed by atoms with Crippen LogP contribution in [0, 0.1) is 6.92 Å². The third-order valence-electron chi connectivity index (χ3n) is 3.07. The van der Waals surface area contributed by atoms with E-state index in [1.54, 1.807) is 0 Å². The van der Waals surface area contributed by atoms with Crippen molar-refractivity contribution < 1.29 is 0 Å². The zero-order valence-electron chi connectivity index (χ0n) is 11.2. The van der Waals surface area contributed by atoms with Gasteiger partial charge in [-0.25, -0.2) is 0 Å². The molecular formula is C15H21N3. The smallest absolute Gasteiger partial charge is 0.0597 e. The van der Waals surface area contributed by atoms with E-state index in [1.165, 1.54) is 17.7 Å². The minimum absolute atomic E-state index is 0.895. The van der Waals surface area contributed by atoms with Crippen LogP contribution in [0.2, 0.25) is 0 Å². The van der Waals surface area contributed by atoms with E-state index in [2.05, 4.69) is 46.8 Å². The van der Waals surface area contributed by atoms with E-state index in [4.69, 9.17) is 0 Å². The SMILES string of the molecule is Cc1cc(CNCCCc2ccccc2)n(C)n1. The van der Waals surface area contributed by atoms with Gasteiger partial charge < -0.3 is 5.32 Å². The van der Waals surface area contributed by atoms with Gasteiger partial charge in [0.05, 0.1) is 11.4 Å². The zero-order valence-corrected chi connectivity index (χ0v) is 11.2. The van der Waals surface area contributed by atoms with E-state index in [0.29, 0.717) is 0 Å². The molecule has 0 bridgehead atoms. The van der Waals surface area contributed by atoms with E-state index < -0.39 is 0 Å². The number of rotatable bonds is 6. The molecule has 0 fully saturated rings. The number of nitrogens with zero attached hydrogens (tertiary/aromatic N) is 2. The summed E-state index contributed by atoms with van der Waals surface area (Å²) in [5, 5.41) is 7.80. The number of hydrogen-bond donors (Lipinski definition) is 1. The Labute approximate surface area is 109 Å². The number of aryl methyl sites for hydroxylation is 3. The molecule has 0 unspecified atom stereocenters. The van der Waals surface area contributed by atoms with Crippen LogP contribution in [0.15, 0.2) is 36.4 Å². The average molecular weight is 243 g/mol. The van der Waals surface area contributed by atoms with Gasteiger partial charge in [0.2, 0.25) is 0 Å². The lowest BCUT2D eigenvalue weighted by atomic mass is 10.1. The third-order valence-corrected chi connectivity index (χ3v) is 3.07. The molecule has 0 aliphatic rings. The molecule has 96 valence electrons. The molecule has 0 radical (unpaired) electrons. The molecule has 2 rings (SSSR count). The third kappa shape index (κ3) is 3.70. The highest BCUT2D eigenvalue weighted by Crippen LogP contribution is 2.03. The lowest BCUT2D eigenvalue weighted by Gasteiger charge is -2.05. The molecule has 0 amide bonds. The van der Waals surface area contributed by atoms with Gasteiger partial charge in [-0.2, -0.15) is 5.10 Å². The number of benzene rings is 1. The van der Waals surface area contributed by atoms with Gasteiger partial charge in [0.15, 0.2) is 0 Å². The van der Waals surface area contributed by atoms with Gasteiger partial charge in [0.1, 0.15) is 0 Å². The van der Waals surface area contributed by atoms with Gasteiger partial charge in [-0.05, 0) is 37.9 Å². The Morgan fingerprint density at radius 2 is 2.00 bits per heavy atom. The highest BCUT2D eigenvalue weighted by molar-refractivity contribution is 5.14. The summed E-state index contributed by atoms with van der Waals surface area (Å²) < 4.78 is 1.94. The first-order valence-electron chi connectivity index (χ1n) is 6.50. The van der Waals surface area contributed by atoms with Crippen molar-refractivity contribution in [2.45, 2.75) is 26.3 Å². The molecule has 0 saturated heterocycles. The standard InChI is InChI=1S/C15H21N3/c1-13-11-15(18(2)17-13)12-16-10-6-9-14-7-4-3-5-8-14/h3-5,7-8,11,16H,6,9-10,12H2,1-2H3. The van der Waals surface area contributed by atoms with Crippen molar-refractivity contribution in [3.63, 3.8) is 0 Å². The van der Waals surface area contributed by atoms with Crippen molar-refractivity contribution >= 4 is 0 Å². The Bertz CT molecular complexity index is 474. The molecule has 0 saturated carbocycles. The number of aromatic nitrogens is 2.